The molecule has 1 aliphatic rings. The Morgan fingerprint density at radius 2 is 2.10 bits per heavy atom. The second-order valence-corrected chi connectivity index (χ2v) is 7.40. The molecule has 3 heterocycles. The second kappa shape index (κ2) is 8.71. The number of anilines is 1. The van der Waals surface area contributed by atoms with Gasteiger partial charge in [-0.15, -0.1) is 5.11 Å². The first-order valence-electron chi connectivity index (χ1n) is 8.86. The molecule has 0 saturated heterocycles. The number of aliphatic imine (C=N–C) groups is 1. The van der Waals surface area contributed by atoms with Gasteiger partial charge in [0.15, 0.2) is 0 Å². The first kappa shape index (κ1) is 23.4. The van der Waals surface area contributed by atoms with Crippen LogP contribution in [0.5, 0.6) is 0 Å². The molecule has 3 N–H and O–H groups in total. The molecule has 7 nitrogen and oxygen atoms in total. The number of nitrogens with two attached hydrogens (primary N) is 1. The van der Waals surface area contributed by atoms with Gasteiger partial charge in [-0.3, -0.25) is 14.8 Å². The van der Waals surface area contributed by atoms with Gasteiger partial charge in [0.05, 0.1) is 30.1 Å². The van der Waals surface area contributed by atoms with E-state index in [1.807, 2.05) is 0 Å². The van der Waals surface area contributed by atoms with Crippen LogP contribution in [0.25, 0.3) is 0 Å². The number of halogens is 2. The summed E-state index contributed by atoms with van der Waals surface area (Å²) in [5.41, 5.74) is 3.78. The van der Waals surface area contributed by atoms with Crippen LogP contribution in [-0.4, -0.2) is 80.8 Å². The van der Waals surface area contributed by atoms with Gasteiger partial charge in [0.1, 0.15) is 51.9 Å². The number of hydrogen-bond donors (Lipinski definition) is 2. The molecule has 1 aliphatic heterocycles. The Morgan fingerprint density at radius 1 is 1.39 bits per heavy atom. The number of carbonyl (C=O) groups excluding carboxylic acids is 1. The van der Waals surface area contributed by atoms with Gasteiger partial charge < -0.3 is 15.8 Å². The van der Waals surface area contributed by atoms with Crippen LogP contribution in [0.2, 0.25) is 5.02 Å². The highest BCUT2D eigenvalue weighted by molar-refractivity contribution is 6.62. The summed E-state index contributed by atoms with van der Waals surface area (Å²) in [4.78, 5) is 25.1. The summed E-state index contributed by atoms with van der Waals surface area (Å²) in [7, 11) is 28.8. The van der Waals surface area contributed by atoms with Crippen LogP contribution in [-0.2, 0) is 15.4 Å². The van der Waals surface area contributed by atoms with Crippen molar-refractivity contribution in [1.82, 2.24) is 9.97 Å². The van der Waals surface area contributed by atoms with Crippen LogP contribution in [0.15, 0.2) is 23.3 Å². The molecule has 31 heavy (non-hydrogen) atoms. The second-order valence-electron chi connectivity index (χ2n) is 7.03. The number of amides is 1. The Labute approximate surface area is 190 Å². The van der Waals surface area contributed by atoms with Crippen molar-refractivity contribution in [3.05, 3.63) is 40.2 Å². The number of pyridine rings is 2. The molecule has 0 bridgehead atoms. The predicted octanol–water partition coefficient (Wildman–Crippen LogP) is -1.86. The summed E-state index contributed by atoms with van der Waals surface area (Å²) in [6, 6.07) is 2.96. The summed E-state index contributed by atoms with van der Waals surface area (Å²) in [5, 5.41) is 0.315. The minimum absolute atomic E-state index is 0.0341. The Morgan fingerprint density at radius 3 is 2.71 bits per heavy atom. The summed E-state index contributed by atoms with van der Waals surface area (Å²) in [6.07, 6.45) is 1.36. The Hall–Kier alpha value is -2.26. The quantitative estimate of drug-likeness (QED) is 0.546. The Bertz CT molecular complexity index is 1070. The number of rotatable bonds is 5. The first-order valence-corrected chi connectivity index (χ1v) is 9.23. The zero-order chi connectivity index (χ0) is 23.0. The smallest absolute Gasteiger partial charge is 0.275 e. The minimum Gasteiger partial charge on any atom is -0.385 e. The van der Waals surface area contributed by atoms with Gasteiger partial charge in [0.2, 0.25) is 0 Å². The Balaban J connectivity index is 1.99. The molecule has 0 fully saturated rings. The third-order valence-electron chi connectivity index (χ3n) is 4.56. The van der Waals surface area contributed by atoms with Crippen LogP contribution in [0.3, 0.4) is 0 Å². The van der Waals surface area contributed by atoms with E-state index < -0.39 is 23.2 Å². The van der Waals surface area contributed by atoms with Gasteiger partial charge in [-0.25, -0.2) is 9.37 Å². The van der Waals surface area contributed by atoms with Gasteiger partial charge >= 0.3 is 0 Å². The zero-order valence-electron chi connectivity index (χ0n) is 16.2. The molecule has 2 aromatic heterocycles. The molecular formula is C17H12B5ClFN5O2. The number of hydrogen-bond acceptors (Lipinski definition) is 6. The van der Waals surface area contributed by atoms with E-state index in [9.17, 15) is 9.18 Å². The van der Waals surface area contributed by atoms with Crippen molar-refractivity contribution in [3.8, 4) is 0 Å². The molecule has 3 rings (SSSR count). The molecule has 0 aromatic carbocycles. The molecule has 0 aliphatic carbocycles. The van der Waals surface area contributed by atoms with E-state index in [-0.39, 0.29) is 52.2 Å². The van der Waals surface area contributed by atoms with Crippen molar-refractivity contribution >= 4 is 79.4 Å². The third kappa shape index (κ3) is 4.67. The molecule has 10 radical (unpaired) electrons. The highest BCUT2D eigenvalue weighted by Gasteiger charge is 2.36. The summed E-state index contributed by atoms with van der Waals surface area (Å²) in [6.45, 7) is -0.812. The van der Waals surface area contributed by atoms with E-state index in [2.05, 4.69) is 20.3 Å². The number of nitrogens with one attached hydrogen (secondary N) is 1. The number of ether oxygens (including phenoxy) is 1. The summed E-state index contributed by atoms with van der Waals surface area (Å²) < 4.78 is 19.2. The number of carbonyl (C=O) groups is 1. The third-order valence-corrected chi connectivity index (χ3v) is 4.95. The lowest BCUT2D eigenvalue weighted by molar-refractivity contribution is 0.0827. The maximum atomic E-state index is 13.9. The van der Waals surface area contributed by atoms with Gasteiger partial charge in [0, 0.05) is 16.8 Å². The van der Waals surface area contributed by atoms with Crippen LogP contribution < -0.4 is 22.1 Å². The largest absolute Gasteiger partial charge is 0.385 e. The Kier molecular flexibility index (Phi) is 6.57. The summed E-state index contributed by atoms with van der Waals surface area (Å²) >= 11 is 5.98. The minimum atomic E-state index is -2.04. The van der Waals surface area contributed by atoms with Crippen molar-refractivity contribution in [2.45, 2.75) is 10.7 Å². The lowest BCUT2D eigenvalue weighted by Crippen LogP contribution is -2.41. The molecule has 14 heteroatoms. The maximum Gasteiger partial charge on any atom is 0.275 e. The maximum absolute atomic E-state index is 13.9. The van der Waals surface area contributed by atoms with E-state index in [1.54, 1.807) is 0 Å². The number of aromatic nitrogens is 2. The van der Waals surface area contributed by atoms with E-state index in [0.717, 1.165) is 0 Å². The zero-order valence-corrected chi connectivity index (χ0v) is 17.0. The monoisotopic (exact) mass is 427 g/mol. The van der Waals surface area contributed by atoms with E-state index >= 15 is 0 Å². The highest BCUT2D eigenvalue weighted by atomic mass is 35.5. The SMILES string of the molecule is [B]c1nc(C(=O)Nc2cc(C3(CF)COCC(N)=N3)ccn2)c(C([B])([B])[B])c([B])c1Cl. The van der Waals surface area contributed by atoms with Gasteiger partial charge in [-0.2, -0.15) is 0 Å². The van der Waals surface area contributed by atoms with Gasteiger partial charge in [-0.05, 0) is 23.3 Å². The van der Waals surface area contributed by atoms with Gasteiger partial charge in [0.25, 0.3) is 5.91 Å². The highest BCUT2D eigenvalue weighted by Crippen LogP contribution is 2.30. The van der Waals surface area contributed by atoms with Crippen molar-refractivity contribution < 1.29 is 13.9 Å². The normalized spacial score (nSPS) is 19.0. The van der Waals surface area contributed by atoms with E-state index in [0.29, 0.717) is 5.56 Å². The lowest BCUT2D eigenvalue weighted by Gasteiger charge is -2.31. The van der Waals surface area contributed by atoms with E-state index in [1.165, 1.54) is 18.3 Å². The van der Waals surface area contributed by atoms with Crippen LogP contribution in [0.4, 0.5) is 10.2 Å². The molecule has 1 amide bonds. The van der Waals surface area contributed by atoms with Gasteiger partial charge in [-0.1, -0.05) is 17.1 Å². The number of nitrogens with zero attached hydrogens (tertiary/aromatic N) is 3. The lowest BCUT2D eigenvalue weighted by atomic mass is 9.38. The molecular weight excluding hydrogens is 415 g/mol. The fourth-order valence-corrected chi connectivity index (χ4v) is 3.26. The van der Waals surface area contributed by atoms with E-state index in [4.69, 9.17) is 61.3 Å². The standard InChI is InChI=1S/C17H12B5ClFN5O2/c18-11-10(17(20,21)22)13(28-14(19)12(11)23)15(30)27-9-3-7(1-2-26-9)16(5-24)6-31-4-8(25)29-16/h1-3H,4-6H2,(H2,25,29)(H,26,27,30). The fourth-order valence-electron chi connectivity index (χ4n) is 3.12. The number of amidine groups is 1. The van der Waals surface area contributed by atoms with Crippen LogP contribution in [0, 0.1) is 0 Å². The molecule has 146 valence electrons. The molecule has 0 saturated carbocycles. The first-order chi connectivity index (χ1) is 14.5. The average Bonchev–Trinajstić information content (AvgIpc) is 2.70. The van der Waals surface area contributed by atoms with Crippen molar-refractivity contribution in [3.63, 3.8) is 0 Å². The molecule has 0 spiro atoms. The predicted molar refractivity (Wildman–Crippen MR) is 121 cm³/mol. The molecule has 1 unspecified atom stereocenters. The van der Waals surface area contributed by atoms with Crippen LogP contribution in [0.1, 0.15) is 21.6 Å². The van der Waals surface area contributed by atoms with Crippen molar-refractivity contribution in [2.75, 3.05) is 25.2 Å². The molecule has 2 aromatic rings. The van der Waals surface area contributed by atoms with Crippen molar-refractivity contribution in [2.24, 2.45) is 10.7 Å². The van der Waals surface area contributed by atoms with Crippen molar-refractivity contribution in [1.29, 1.82) is 0 Å². The van der Waals surface area contributed by atoms with Crippen LogP contribution >= 0.6 is 11.6 Å². The summed E-state index contributed by atoms with van der Waals surface area (Å²) in [5.74, 6) is -0.624. The molecule has 1 atom stereocenters. The fraction of sp³-hybridized carbons (Fsp3) is 0.294. The number of alkyl halides is 1. The topological polar surface area (TPSA) is 102 Å². The average molecular weight is 427 g/mol.